The molecule has 0 aromatic carbocycles. The number of carbonyl (C=O) groups excluding carboxylic acids is 1. The van der Waals surface area contributed by atoms with E-state index < -0.39 is 0 Å². The van der Waals surface area contributed by atoms with E-state index >= 15 is 0 Å². The van der Waals surface area contributed by atoms with Crippen LogP contribution in [0.5, 0.6) is 0 Å². The zero-order valence-electron chi connectivity index (χ0n) is 6.47. The summed E-state index contributed by atoms with van der Waals surface area (Å²) >= 11 is 2.13. The van der Waals surface area contributed by atoms with E-state index in [-0.39, 0.29) is 0 Å². The van der Waals surface area contributed by atoms with Gasteiger partial charge in [-0.1, -0.05) is 0 Å². The molecule has 0 saturated carbocycles. The SMILES string of the molecule is CNc1ncc(I)cc1NC=O. The average molecular weight is 277 g/mol. The Hall–Kier alpha value is -0.850. The molecule has 0 bridgehead atoms. The van der Waals surface area contributed by atoms with Crippen molar-refractivity contribution in [1.29, 1.82) is 0 Å². The highest BCUT2D eigenvalue weighted by Gasteiger charge is 2.00. The van der Waals surface area contributed by atoms with Crippen molar-refractivity contribution in [3.8, 4) is 0 Å². The maximum atomic E-state index is 10.2. The molecule has 0 saturated heterocycles. The van der Waals surface area contributed by atoms with Gasteiger partial charge >= 0.3 is 0 Å². The minimum atomic E-state index is 0.633. The molecule has 0 spiro atoms. The molecule has 0 aliphatic heterocycles. The van der Waals surface area contributed by atoms with Crippen LogP contribution in [0, 0.1) is 3.57 Å². The molecule has 2 N–H and O–H groups in total. The minimum Gasteiger partial charge on any atom is -0.371 e. The molecule has 0 unspecified atom stereocenters. The van der Waals surface area contributed by atoms with Gasteiger partial charge in [-0.15, -0.1) is 0 Å². The van der Waals surface area contributed by atoms with Crippen molar-refractivity contribution in [3.63, 3.8) is 0 Å². The molecule has 64 valence electrons. The monoisotopic (exact) mass is 277 g/mol. The third kappa shape index (κ3) is 2.07. The molecular weight excluding hydrogens is 269 g/mol. The number of carbonyl (C=O) groups is 1. The van der Waals surface area contributed by atoms with Crippen LogP contribution in [-0.2, 0) is 4.79 Å². The van der Waals surface area contributed by atoms with Crippen LogP contribution in [0.2, 0.25) is 0 Å². The molecule has 4 nitrogen and oxygen atoms in total. The largest absolute Gasteiger partial charge is 0.371 e. The van der Waals surface area contributed by atoms with E-state index in [4.69, 9.17) is 0 Å². The first kappa shape index (κ1) is 9.24. The van der Waals surface area contributed by atoms with Crippen molar-refractivity contribution in [2.75, 3.05) is 17.7 Å². The fraction of sp³-hybridized carbons (Fsp3) is 0.143. The second-order valence-electron chi connectivity index (χ2n) is 2.06. The number of nitrogens with one attached hydrogen (secondary N) is 2. The Bertz CT molecular complexity index is 290. The number of hydrogen-bond donors (Lipinski definition) is 2. The smallest absolute Gasteiger partial charge is 0.211 e. The molecule has 12 heavy (non-hydrogen) atoms. The van der Waals surface area contributed by atoms with Crippen LogP contribution >= 0.6 is 22.6 Å². The van der Waals surface area contributed by atoms with Gasteiger partial charge in [-0.05, 0) is 28.7 Å². The molecule has 1 rings (SSSR count). The second kappa shape index (κ2) is 4.24. The van der Waals surface area contributed by atoms with Gasteiger partial charge in [-0.2, -0.15) is 0 Å². The molecule has 0 atom stereocenters. The first-order chi connectivity index (χ1) is 5.77. The number of anilines is 2. The molecule has 0 aliphatic rings. The molecule has 1 amide bonds. The highest BCUT2D eigenvalue weighted by atomic mass is 127. The van der Waals surface area contributed by atoms with E-state index in [1.807, 2.05) is 6.07 Å². The number of amides is 1. The standard InChI is InChI=1S/C7H8IN3O/c1-9-7-6(11-4-12)2-5(8)3-10-7/h2-4H,1H3,(H,9,10)(H,11,12). The number of aromatic nitrogens is 1. The van der Waals surface area contributed by atoms with Crippen molar-refractivity contribution in [2.45, 2.75) is 0 Å². The molecule has 0 aliphatic carbocycles. The molecule has 0 radical (unpaired) electrons. The average Bonchev–Trinajstić information content (AvgIpc) is 2.05. The van der Waals surface area contributed by atoms with Crippen LogP contribution in [0.4, 0.5) is 11.5 Å². The Balaban J connectivity index is 3.03. The fourth-order valence-corrected chi connectivity index (χ4v) is 1.26. The Morgan fingerprint density at radius 2 is 2.42 bits per heavy atom. The lowest BCUT2D eigenvalue weighted by Gasteiger charge is -2.05. The quantitative estimate of drug-likeness (QED) is 0.646. The number of rotatable bonds is 3. The second-order valence-corrected chi connectivity index (χ2v) is 3.31. The Morgan fingerprint density at radius 3 is 3.00 bits per heavy atom. The van der Waals surface area contributed by atoms with Crippen LogP contribution in [0.15, 0.2) is 12.3 Å². The predicted octanol–water partition coefficient (Wildman–Crippen LogP) is 1.30. The molecule has 1 aromatic heterocycles. The van der Waals surface area contributed by atoms with E-state index in [2.05, 4.69) is 38.2 Å². The van der Waals surface area contributed by atoms with Crippen LogP contribution in [0.1, 0.15) is 0 Å². The fourth-order valence-electron chi connectivity index (χ4n) is 0.812. The van der Waals surface area contributed by atoms with Gasteiger partial charge in [0, 0.05) is 16.8 Å². The number of pyridine rings is 1. The van der Waals surface area contributed by atoms with Gasteiger partial charge in [0.25, 0.3) is 0 Å². The minimum absolute atomic E-state index is 0.633. The summed E-state index contributed by atoms with van der Waals surface area (Å²) < 4.78 is 0.982. The van der Waals surface area contributed by atoms with Gasteiger partial charge in [0.2, 0.25) is 6.41 Å². The number of hydrogen-bond acceptors (Lipinski definition) is 3. The number of nitrogens with zero attached hydrogens (tertiary/aromatic N) is 1. The van der Waals surface area contributed by atoms with Crippen molar-refractivity contribution >= 4 is 40.5 Å². The molecular formula is C7H8IN3O. The first-order valence-corrected chi connectivity index (χ1v) is 4.39. The zero-order chi connectivity index (χ0) is 8.97. The lowest BCUT2D eigenvalue weighted by Crippen LogP contribution is -2.01. The van der Waals surface area contributed by atoms with E-state index in [9.17, 15) is 4.79 Å². The third-order valence-electron chi connectivity index (χ3n) is 1.31. The van der Waals surface area contributed by atoms with Crippen LogP contribution < -0.4 is 10.6 Å². The van der Waals surface area contributed by atoms with E-state index in [1.54, 1.807) is 13.2 Å². The number of halogens is 1. The Morgan fingerprint density at radius 1 is 1.67 bits per heavy atom. The lowest BCUT2D eigenvalue weighted by molar-refractivity contribution is -0.105. The van der Waals surface area contributed by atoms with Crippen molar-refractivity contribution < 1.29 is 4.79 Å². The van der Waals surface area contributed by atoms with E-state index in [0.717, 1.165) is 3.57 Å². The van der Waals surface area contributed by atoms with Gasteiger partial charge < -0.3 is 10.6 Å². The maximum absolute atomic E-state index is 10.2. The highest BCUT2D eigenvalue weighted by molar-refractivity contribution is 14.1. The predicted molar refractivity (Wildman–Crippen MR) is 56.2 cm³/mol. The molecule has 1 heterocycles. The molecule has 1 aromatic rings. The first-order valence-electron chi connectivity index (χ1n) is 3.31. The van der Waals surface area contributed by atoms with Gasteiger partial charge in [-0.3, -0.25) is 4.79 Å². The van der Waals surface area contributed by atoms with Crippen molar-refractivity contribution in [1.82, 2.24) is 4.98 Å². The normalized spacial score (nSPS) is 9.17. The zero-order valence-corrected chi connectivity index (χ0v) is 8.62. The summed E-state index contributed by atoms with van der Waals surface area (Å²) in [5.41, 5.74) is 0.694. The van der Waals surface area contributed by atoms with Gasteiger partial charge in [0.05, 0.1) is 5.69 Å². The summed E-state index contributed by atoms with van der Waals surface area (Å²) in [6, 6.07) is 1.84. The van der Waals surface area contributed by atoms with Crippen molar-refractivity contribution in [2.24, 2.45) is 0 Å². The summed E-state index contributed by atoms with van der Waals surface area (Å²) in [5, 5.41) is 5.43. The third-order valence-corrected chi connectivity index (χ3v) is 1.90. The van der Waals surface area contributed by atoms with Gasteiger partial charge in [0.1, 0.15) is 5.82 Å². The molecule has 5 heteroatoms. The van der Waals surface area contributed by atoms with Crippen LogP contribution in [0.3, 0.4) is 0 Å². The van der Waals surface area contributed by atoms with E-state index in [0.29, 0.717) is 17.9 Å². The van der Waals surface area contributed by atoms with Crippen LogP contribution in [0.25, 0.3) is 0 Å². The van der Waals surface area contributed by atoms with Gasteiger partial charge in [-0.25, -0.2) is 4.98 Å². The maximum Gasteiger partial charge on any atom is 0.211 e. The van der Waals surface area contributed by atoms with E-state index in [1.165, 1.54) is 0 Å². The Kier molecular flexibility index (Phi) is 3.27. The summed E-state index contributed by atoms with van der Waals surface area (Å²) in [5.74, 6) is 0.669. The summed E-state index contributed by atoms with van der Waals surface area (Å²) in [6.07, 6.45) is 2.36. The summed E-state index contributed by atoms with van der Waals surface area (Å²) in [7, 11) is 1.76. The van der Waals surface area contributed by atoms with Crippen molar-refractivity contribution in [3.05, 3.63) is 15.8 Å². The summed E-state index contributed by atoms with van der Waals surface area (Å²) in [6.45, 7) is 0. The Labute approximate surface area is 83.9 Å². The van der Waals surface area contributed by atoms with Crippen LogP contribution in [-0.4, -0.2) is 18.4 Å². The molecule has 0 fully saturated rings. The lowest BCUT2D eigenvalue weighted by atomic mass is 10.4. The summed E-state index contributed by atoms with van der Waals surface area (Å²) in [4.78, 5) is 14.3. The topological polar surface area (TPSA) is 54.0 Å². The van der Waals surface area contributed by atoms with Gasteiger partial charge in [0.15, 0.2) is 0 Å². The highest BCUT2D eigenvalue weighted by Crippen LogP contribution is 2.19.